The second kappa shape index (κ2) is 6.23. The molecule has 4 N–H and O–H groups in total. The molecule has 0 aromatic heterocycles. The van der Waals surface area contributed by atoms with Crippen LogP contribution in [0.4, 0.5) is 0 Å². The van der Waals surface area contributed by atoms with Gasteiger partial charge in [0.05, 0.1) is 6.10 Å². The zero-order valence-electron chi connectivity index (χ0n) is 10.8. The molecule has 0 radical (unpaired) electrons. The molecule has 1 aliphatic rings. The lowest BCUT2D eigenvalue weighted by atomic mass is 9.89. The van der Waals surface area contributed by atoms with Gasteiger partial charge in [0.1, 0.15) is 0 Å². The van der Waals surface area contributed by atoms with E-state index in [1.165, 1.54) is 0 Å². The molecule has 0 amide bonds. The predicted octanol–water partition coefficient (Wildman–Crippen LogP) is 1.70. The number of benzene rings is 1. The van der Waals surface area contributed by atoms with E-state index in [2.05, 4.69) is 10.5 Å². The normalized spacial score (nSPS) is 23.2. The van der Waals surface area contributed by atoms with Crippen molar-refractivity contribution in [3.63, 3.8) is 0 Å². The third-order valence-electron chi connectivity index (χ3n) is 3.47. The Bertz CT molecular complexity index is 473. The third kappa shape index (κ3) is 3.37. The van der Waals surface area contributed by atoms with Gasteiger partial charge >= 0.3 is 0 Å². The first kappa shape index (κ1) is 14.1. The van der Waals surface area contributed by atoms with E-state index in [-0.39, 0.29) is 5.84 Å². The number of halogens is 1. The first-order valence-corrected chi connectivity index (χ1v) is 6.54. The van der Waals surface area contributed by atoms with Crippen molar-refractivity contribution in [1.82, 2.24) is 5.32 Å². The summed E-state index contributed by atoms with van der Waals surface area (Å²) in [5.74, 6) is 0.0586. The van der Waals surface area contributed by atoms with Gasteiger partial charge in [0.15, 0.2) is 5.84 Å². The predicted molar refractivity (Wildman–Crippen MR) is 74.6 cm³/mol. The van der Waals surface area contributed by atoms with E-state index in [9.17, 15) is 0 Å². The summed E-state index contributed by atoms with van der Waals surface area (Å²) >= 11 is 6.17. The van der Waals surface area contributed by atoms with Gasteiger partial charge in [-0.05, 0) is 24.5 Å². The summed E-state index contributed by atoms with van der Waals surface area (Å²) in [7, 11) is 1.74. The van der Waals surface area contributed by atoms with Crippen LogP contribution in [0.15, 0.2) is 23.4 Å². The molecule has 0 aliphatic heterocycles. The topological polar surface area (TPSA) is 79.9 Å². The number of nitrogens with one attached hydrogen (secondary N) is 1. The van der Waals surface area contributed by atoms with Crippen LogP contribution in [0.3, 0.4) is 0 Å². The molecule has 0 atom stereocenters. The van der Waals surface area contributed by atoms with E-state index in [0.29, 0.717) is 29.3 Å². The maximum Gasteiger partial charge on any atom is 0.170 e. The van der Waals surface area contributed by atoms with E-state index in [0.717, 1.165) is 18.4 Å². The molecule has 0 heterocycles. The Labute approximate surface area is 117 Å². The number of hydrogen-bond acceptors (Lipinski definition) is 4. The average molecular weight is 284 g/mol. The van der Waals surface area contributed by atoms with Crippen LogP contribution in [-0.4, -0.2) is 30.3 Å². The second-order valence-corrected chi connectivity index (χ2v) is 5.11. The van der Waals surface area contributed by atoms with Crippen LogP contribution in [0.1, 0.15) is 24.0 Å². The van der Waals surface area contributed by atoms with Gasteiger partial charge in [-0.25, -0.2) is 0 Å². The number of methoxy groups -OCH3 is 1. The van der Waals surface area contributed by atoms with Gasteiger partial charge in [-0.1, -0.05) is 28.9 Å². The molecule has 1 saturated carbocycles. The maximum absolute atomic E-state index is 8.61. The van der Waals surface area contributed by atoms with Crippen molar-refractivity contribution >= 4 is 17.4 Å². The summed E-state index contributed by atoms with van der Waals surface area (Å²) in [6.45, 7) is 0.705. The van der Waals surface area contributed by atoms with Crippen molar-refractivity contribution in [2.24, 2.45) is 10.9 Å². The quantitative estimate of drug-likeness (QED) is 0.333. The summed E-state index contributed by atoms with van der Waals surface area (Å²) in [6.07, 6.45) is 2.46. The Morgan fingerprint density at radius 3 is 2.89 bits per heavy atom. The van der Waals surface area contributed by atoms with Crippen LogP contribution in [0, 0.1) is 0 Å². The Morgan fingerprint density at radius 2 is 2.32 bits per heavy atom. The molecular formula is C13H18ClN3O2. The minimum Gasteiger partial charge on any atom is -0.409 e. The summed E-state index contributed by atoms with van der Waals surface area (Å²) < 4.78 is 5.23. The first-order valence-electron chi connectivity index (χ1n) is 6.16. The van der Waals surface area contributed by atoms with Crippen molar-refractivity contribution in [1.29, 1.82) is 0 Å². The fourth-order valence-electron chi connectivity index (χ4n) is 2.09. The van der Waals surface area contributed by atoms with Crippen molar-refractivity contribution in [2.75, 3.05) is 7.11 Å². The molecule has 6 heteroatoms. The number of nitrogens with zero attached hydrogens (tertiary/aromatic N) is 1. The van der Waals surface area contributed by atoms with Crippen LogP contribution in [-0.2, 0) is 11.3 Å². The molecule has 0 saturated heterocycles. The number of ether oxygens (including phenoxy) is 1. The molecule has 104 valence electrons. The largest absolute Gasteiger partial charge is 0.409 e. The lowest BCUT2D eigenvalue weighted by molar-refractivity contribution is 0.0170. The Kier molecular flexibility index (Phi) is 4.63. The zero-order chi connectivity index (χ0) is 13.8. The molecule has 1 fully saturated rings. The molecule has 1 aromatic carbocycles. The Hall–Kier alpha value is -1.30. The van der Waals surface area contributed by atoms with Crippen molar-refractivity contribution in [2.45, 2.75) is 31.5 Å². The number of amidine groups is 1. The molecule has 5 nitrogen and oxygen atoms in total. The highest BCUT2D eigenvalue weighted by Crippen LogP contribution is 2.24. The standard InChI is InChI=1S/C13H18ClN3O2/c1-19-11-5-10(6-11)16-7-9-3-2-8(4-12(9)14)13(15)17-18/h2-4,10-11,16,18H,5-7H2,1H3,(H2,15,17). The highest BCUT2D eigenvalue weighted by molar-refractivity contribution is 6.31. The van der Waals surface area contributed by atoms with Gasteiger partial charge < -0.3 is 21.0 Å². The molecule has 19 heavy (non-hydrogen) atoms. The van der Waals surface area contributed by atoms with Gasteiger partial charge in [0, 0.05) is 30.3 Å². The van der Waals surface area contributed by atoms with Crippen LogP contribution >= 0.6 is 11.6 Å². The minimum absolute atomic E-state index is 0.0586. The Balaban J connectivity index is 1.91. The van der Waals surface area contributed by atoms with Crippen LogP contribution in [0.25, 0.3) is 0 Å². The van der Waals surface area contributed by atoms with Crippen molar-refractivity contribution < 1.29 is 9.94 Å². The SMILES string of the molecule is COC1CC(NCc2ccc(/C(N)=N/O)cc2Cl)C1. The number of rotatable bonds is 5. The minimum atomic E-state index is 0.0586. The van der Waals surface area contributed by atoms with Gasteiger partial charge in [-0.3, -0.25) is 0 Å². The van der Waals surface area contributed by atoms with Crippen LogP contribution < -0.4 is 11.1 Å². The molecule has 0 bridgehead atoms. The van der Waals surface area contributed by atoms with Gasteiger partial charge in [0.2, 0.25) is 0 Å². The van der Waals surface area contributed by atoms with E-state index < -0.39 is 0 Å². The highest BCUT2D eigenvalue weighted by Gasteiger charge is 2.28. The number of oxime groups is 1. The monoisotopic (exact) mass is 283 g/mol. The third-order valence-corrected chi connectivity index (χ3v) is 3.82. The highest BCUT2D eigenvalue weighted by atomic mass is 35.5. The molecule has 1 aromatic rings. The summed E-state index contributed by atoms with van der Waals surface area (Å²) in [4.78, 5) is 0. The van der Waals surface area contributed by atoms with E-state index in [1.54, 1.807) is 19.2 Å². The molecule has 2 rings (SSSR count). The van der Waals surface area contributed by atoms with Gasteiger partial charge in [0.25, 0.3) is 0 Å². The lowest BCUT2D eigenvalue weighted by Gasteiger charge is -2.34. The number of hydrogen-bond donors (Lipinski definition) is 3. The number of nitrogens with two attached hydrogens (primary N) is 1. The van der Waals surface area contributed by atoms with Crippen LogP contribution in [0.5, 0.6) is 0 Å². The van der Waals surface area contributed by atoms with Gasteiger partial charge in [-0.15, -0.1) is 0 Å². The maximum atomic E-state index is 8.61. The summed E-state index contributed by atoms with van der Waals surface area (Å²) in [6, 6.07) is 5.86. The summed E-state index contributed by atoms with van der Waals surface area (Å²) in [5, 5.41) is 15.6. The van der Waals surface area contributed by atoms with Crippen LogP contribution in [0.2, 0.25) is 5.02 Å². The first-order chi connectivity index (χ1) is 9.13. The molecular weight excluding hydrogens is 266 g/mol. The second-order valence-electron chi connectivity index (χ2n) is 4.70. The Morgan fingerprint density at radius 1 is 1.58 bits per heavy atom. The average Bonchev–Trinajstić information content (AvgIpc) is 2.37. The molecule has 0 spiro atoms. The lowest BCUT2D eigenvalue weighted by Crippen LogP contribution is -2.44. The fourth-order valence-corrected chi connectivity index (χ4v) is 2.33. The van der Waals surface area contributed by atoms with E-state index in [4.69, 9.17) is 27.3 Å². The summed E-state index contributed by atoms with van der Waals surface area (Å²) in [5.41, 5.74) is 7.12. The van der Waals surface area contributed by atoms with E-state index in [1.807, 2.05) is 6.07 Å². The van der Waals surface area contributed by atoms with Gasteiger partial charge in [-0.2, -0.15) is 0 Å². The smallest absolute Gasteiger partial charge is 0.170 e. The fraction of sp³-hybridized carbons (Fsp3) is 0.462. The molecule has 0 unspecified atom stereocenters. The van der Waals surface area contributed by atoms with Crippen molar-refractivity contribution in [3.8, 4) is 0 Å². The van der Waals surface area contributed by atoms with E-state index >= 15 is 0 Å². The molecule has 1 aliphatic carbocycles. The van der Waals surface area contributed by atoms with Crippen molar-refractivity contribution in [3.05, 3.63) is 34.3 Å². The zero-order valence-corrected chi connectivity index (χ0v) is 11.5.